The highest BCUT2D eigenvalue weighted by molar-refractivity contribution is 9.10. The summed E-state index contributed by atoms with van der Waals surface area (Å²) in [5.41, 5.74) is -0.944. The van der Waals surface area contributed by atoms with Crippen LogP contribution in [0, 0.1) is 0 Å². The minimum atomic E-state index is -1.89. The average Bonchev–Trinajstić information content (AvgIpc) is 2.23. The fraction of sp³-hybridized carbons (Fsp3) is 0.222. The molecule has 1 aromatic carbocycles. The van der Waals surface area contributed by atoms with Gasteiger partial charge in [-0.25, -0.2) is 4.39 Å². The molecule has 0 bridgehead atoms. The quantitative estimate of drug-likeness (QED) is 0.746. The second kappa shape index (κ2) is 2.54. The van der Waals surface area contributed by atoms with Crippen LogP contribution in [0.4, 0.5) is 10.1 Å². The summed E-state index contributed by atoms with van der Waals surface area (Å²) in [5.74, 6) is -0.597. The Morgan fingerprint density at radius 2 is 2.23 bits per heavy atom. The first-order chi connectivity index (χ1) is 6.01. The van der Waals surface area contributed by atoms with E-state index in [9.17, 15) is 9.18 Å². The number of amides is 1. The molecule has 0 saturated heterocycles. The van der Waals surface area contributed by atoms with Gasteiger partial charge < -0.3 is 5.32 Å². The summed E-state index contributed by atoms with van der Waals surface area (Å²) in [6.07, 6.45) is 0. The standard InChI is InChI=1S/C9H7BrFNO/c1-9(11)6-3-2-5(10)4-7(6)12-8(9)13/h2-4H,1H3,(H,12,13). The molecular formula is C9H7BrFNO. The van der Waals surface area contributed by atoms with Gasteiger partial charge in [-0.15, -0.1) is 0 Å². The van der Waals surface area contributed by atoms with Gasteiger partial charge in [-0.3, -0.25) is 4.79 Å². The predicted octanol–water partition coefficient (Wildman–Crippen LogP) is 2.59. The van der Waals surface area contributed by atoms with Gasteiger partial charge in [-0.05, 0) is 19.1 Å². The number of hydrogen-bond acceptors (Lipinski definition) is 1. The van der Waals surface area contributed by atoms with Gasteiger partial charge in [0.25, 0.3) is 5.91 Å². The first kappa shape index (κ1) is 8.69. The topological polar surface area (TPSA) is 29.1 Å². The Balaban J connectivity index is 2.62. The second-order valence-corrected chi connectivity index (χ2v) is 4.06. The third-order valence-corrected chi connectivity index (χ3v) is 2.66. The first-order valence-corrected chi connectivity index (χ1v) is 4.61. The highest BCUT2D eigenvalue weighted by Gasteiger charge is 2.42. The molecule has 0 aliphatic carbocycles. The molecule has 2 nitrogen and oxygen atoms in total. The van der Waals surface area contributed by atoms with Crippen molar-refractivity contribution in [3.8, 4) is 0 Å². The molecule has 1 atom stereocenters. The average molecular weight is 244 g/mol. The van der Waals surface area contributed by atoms with Crippen molar-refractivity contribution in [1.29, 1.82) is 0 Å². The Morgan fingerprint density at radius 1 is 1.54 bits per heavy atom. The van der Waals surface area contributed by atoms with Gasteiger partial charge in [0.1, 0.15) is 0 Å². The summed E-state index contributed by atoms with van der Waals surface area (Å²) in [6, 6.07) is 5.02. The molecule has 0 saturated carbocycles. The summed E-state index contributed by atoms with van der Waals surface area (Å²) < 4.78 is 14.5. The fourth-order valence-corrected chi connectivity index (χ4v) is 1.75. The number of halogens is 2. The number of hydrogen-bond donors (Lipinski definition) is 1. The van der Waals surface area contributed by atoms with E-state index in [1.165, 1.54) is 6.92 Å². The second-order valence-electron chi connectivity index (χ2n) is 3.15. The van der Waals surface area contributed by atoms with Crippen molar-refractivity contribution < 1.29 is 9.18 Å². The van der Waals surface area contributed by atoms with Gasteiger partial charge in [0.15, 0.2) is 0 Å². The lowest BCUT2D eigenvalue weighted by atomic mass is 10.0. The van der Waals surface area contributed by atoms with Crippen molar-refractivity contribution in [3.63, 3.8) is 0 Å². The van der Waals surface area contributed by atoms with E-state index in [0.29, 0.717) is 11.3 Å². The SMILES string of the molecule is CC1(F)C(=O)Nc2cc(Br)ccc21. The van der Waals surface area contributed by atoms with Crippen LogP contribution in [-0.2, 0) is 10.5 Å². The zero-order valence-electron chi connectivity index (χ0n) is 6.90. The third kappa shape index (κ3) is 1.16. The van der Waals surface area contributed by atoms with Gasteiger partial charge in [0.2, 0.25) is 5.67 Å². The van der Waals surface area contributed by atoms with Gasteiger partial charge >= 0.3 is 0 Å². The minimum absolute atomic E-state index is 0.403. The normalized spacial score (nSPS) is 25.6. The molecule has 1 unspecified atom stereocenters. The number of anilines is 1. The lowest BCUT2D eigenvalue weighted by Crippen LogP contribution is -2.25. The van der Waals surface area contributed by atoms with Crippen LogP contribution < -0.4 is 5.32 Å². The first-order valence-electron chi connectivity index (χ1n) is 3.82. The lowest BCUT2D eigenvalue weighted by molar-refractivity contribution is -0.125. The molecule has 68 valence electrons. The van der Waals surface area contributed by atoms with Crippen molar-refractivity contribution in [2.45, 2.75) is 12.6 Å². The number of rotatable bonds is 0. The number of fused-ring (bicyclic) bond motifs is 1. The number of carbonyl (C=O) groups excluding carboxylic acids is 1. The molecule has 1 aromatic rings. The Kier molecular flexibility index (Phi) is 1.70. The highest BCUT2D eigenvalue weighted by atomic mass is 79.9. The minimum Gasteiger partial charge on any atom is -0.323 e. The molecule has 1 aliphatic heterocycles. The maximum Gasteiger partial charge on any atom is 0.266 e. The Morgan fingerprint density at radius 3 is 2.92 bits per heavy atom. The molecule has 0 radical (unpaired) electrons. The van der Waals surface area contributed by atoms with Gasteiger partial charge in [-0.1, -0.05) is 22.0 Å². The molecule has 1 N–H and O–H groups in total. The number of benzene rings is 1. The smallest absolute Gasteiger partial charge is 0.266 e. The van der Waals surface area contributed by atoms with Crippen LogP contribution in [0.3, 0.4) is 0 Å². The zero-order chi connectivity index (χ0) is 9.64. The van der Waals surface area contributed by atoms with E-state index in [4.69, 9.17) is 0 Å². The van der Waals surface area contributed by atoms with Crippen LogP contribution in [0.1, 0.15) is 12.5 Å². The molecular weight excluding hydrogens is 237 g/mol. The largest absolute Gasteiger partial charge is 0.323 e. The van der Waals surface area contributed by atoms with Crippen molar-refractivity contribution in [3.05, 3.63) is 28.2 Å². The van der Waals surface area contributed by atoms with E-state index in [1.54, 1.807) is 18.2 Å². The maximum absolute atomic E-state index is 13.7. The molecule has 2 rings (SSSR count). The molecule has 4 heteroatoms. The van der Waals surface area contributed by atoms with Gasteiger partial charge in [-0.2, -0.15) is 0 Å². The van der Waals surface area contributed by atoms with Gasteiger partial charge in [0, 0.05) is 15.7 Å². The summed E-state index contributed by atoms with van der Waals surface area (Å²) in [4.78, 5) is 11.2. The van der Waals surface area contributed by atoms with Crippen molar-refractivity contribution in [2.75, 3.05) is 5.32 Å². The predicted molar refractivity (Wildman–Crippen MR) is 51.2 cm³/mol. The van der Waals surface area contributed by atoms with E-state index in [2.05, 4.69) is 21.2 Å². The summed E-state index contributed by atoms with van der Waals surface area (Å²) in [6.45, 7) is 1.27. The fourth-order valence-electron chi connectivity index (χ4n) is 1.39. The van der Waals surface area contributed by atoms with E-state index < -0.39 is 11.6 Å². The van der Waals surface area contributed by atoms with E-state index >= 15 is 0 Å². The van der Waals surface area contributed by atoms with Crippen LogP contribution in [0.2, 0.25) is 0 Å². The van der Waals surface area contributed by atoms with E-state index in [-0.39, 0.29) is 0 Å². The third-order valence-electron chi connectivity index (χ3n) is 2.16. The zero-order valence-corrected chi connectivity index (χ0v) is 8.48. The molecule has 0 aromatic heterocycles. The molecule has 1 aliphatic rings. The Labute approximate surface area is 83.3 Å². The van der Waals surface area contributed by atoms with Crippen LogP contribution in [0.5, 0.6) is 0 Å². The van der Waals surface area contributed by atoms with E-state index in [1.807, 2.05) is 0 Å². The van der Waals surface area contributed by atoms with Crippen LogP contribution in [-0.4, -0.2) is 5.91 Å². The van der Waals surface area contributed by atoms with Crippen molar-refractivity contribution in [1.82, 2.24) is 0 Å². The van der Waals surface area contributed by atoms with Gasteiger partial charge in [0.05, 0.1) is 0 Å². The maximum atomic E-state index is 13.7. The van der Waals surface area contributed by atoms with Crippen LogP contribution in [0.25, 0.3) is 0 Å². The monoisotopic (exact) mass is 243 g/mol. The molecule has 0 fully saturated rings. The van der Waals surface area contributed by atoms with E-state index in [0.717, 1.165) is 4.47 Å². The van der Waals surface area contributed by atoms with Crippen molar-refractivity contribution in [2.24, 2.45) is 0 Å². The van der Waals surface area contributed by atoms with Crippen LogP contribution >= 0.6 is 15.9 Å². The van der Waals surface area contributed by atoms with Crippen LogP contribution in [0.15, 0.2) is 22.7 Å². The Hall–Kier alpha value is -0.900. The summed E-state index contributed by atoms with van der Waals surface area (Å²) >= 11 is 3.25. The number of alkyl halides is 1. The summed E-state index contributed by atoms with van der Waals surface area (Å²) in [7, 11) is 0. The lowest BCUT2D eigenvalue weighted by Gasteiger charge is -2.09. The molecule has 1 amide bonds. The summed E-state index contributed by atoms with van der Waals surface area (Å²) in [5, 5.41) is 2.48. The molecule has 13 heavy (non-hydrogen) atoms. The number of carbonyl (C=O) groups is 1. The molecule has 0 spiro atoms. The van der Waals surface area contributed by atoms with Crippen molar-refractivity contribution >= 4 is 27.5 Å². The molecule has 1 heterocycles. The Bertz CT molecular complexity index is 389. The number of nitrogens with one attached hydrogen (secondary N) is 1. The highest BCUT2D eigenvalue weighted by Crippen LogP contribution is 2.39.